The van der Waals surface area contributed by atoms with E-state index in [-0.39, 0.29) is 11.5 Å². The van der Waals surface area contributed by atoms with Crippen LogP contribution >= 0.6 is 11.8 Å². The first-order valence-corrected chi connectivity index (χ1v) is 8.09. The molecule has 0 spiro atoms. The molecule has 0 unspecified atom stereocenters. The average molecular weight is 360 g/mol. The smallest absolute Gasteiger partial charge is 0.358 e. The summed E-state index contributed by atoms with van der Waals surface area (Å²) >= 11 is 1.34. The van der Waals surface area contributed by atoms with E-state index in [0.29, 0.717) is 11.0 Å². The molecule has 0 N–H and O–H groups in total. The Balaban J connectivity index is 1.64. The highest BCUT2D eigenvalue weighted by Crippen LogP contribution is 2.17. The molecule has 128 valence electrons. The van der Waals surface area contributed by atoms with Crippen LogP contribution in [0.1, 0.15) is 16.1 Å². The van der Waals surface area contributed by atoms with E-state index in [1.165, 1.54) is 42.0 Å². The molecule has 0 radical (unpaired) electrons. The number of methoxy groups -OCH3 is 1. The van der Waals surface area contributed by atoms with E-state index in [1.54, 1.807) is 35.3 Å². The van der Waals surface area contributed by atoms with E-state index in [0.717, 1.165) is 5.56 Å². The summed E-state index contributed by atoms with van der Waals surface area (Å²) in [5.74, 6) is -0.374. The molecule has 25 heavy (non-hydrogen) atoms. The van der Waals surface area contributed by atoms with Gasteiger partial charge in [0.2, 0.25) is 5.16 Å². The van der Waals surface area contributed by atoms with E-state index in [2.05, 4.69) is 25.1 Å². The molecule has 3 rings (SSSR count). The molecule has 2 heterocycles. The van der Waals surface area contributed by atoms with E-state index < -0.39 is 5.97 Å². The lowest BCUT2D eigenvalue weighted by molar-refractivity contribution is 0.0593. The quantitative estimate of drug-likeness (QED) is 0.380. The molecule has 0 atom stereocenters. The lowest BCUT2D eigenvalue weighted by Gasteiger charge is -2.01. The largest absolute Gasteiger partial charge is 0.464 e. The van der Waals surface area contributed by atoms with Gasteiger partial charge < -0.3 is 4.74 Å². The van der Waals surface area contributed by atoms with Gasteiger partial charge in [0.1, 0.15) is 12.1 Å². The van der Waals surface area contributed by atoms with E-state index >= 15 is 0 Å². The van der Waals surface area contributed by atoms with E-state index in [4.69, 9.17) is 0 Å². The van der Waals surface area contributed by atoms with Gasteiger partial charge in [-0.05, 0) is 23.8 Å². The highest BCUT2D eigenvalue weighted by molar-refractivity contribution is 7.98. The third-order valence-electron chi connectivity index (χ3n) is 3.06. The Morgan fingerprint density at radius 1 is 1.36 bits per heavy atom. The molecule has 3 aromatic rings. The lowest BCUT2D eigenvalue weighted by atomic mass is 10.2. The van der Waals surface area contributed by atoms with Gasteiger partial charge in [-0.15, -0.1) is 10.2 Å². The van der Waals surface area contributed by atoms with Crippen molar-refractivity contribution in [3.05, 3.63) is 59.9 Å². The second-order valence-corrected chi connectivity index (χ2v) is 5.67. The monoisotopic (exact) mass is 360 g/mol. The van der Waals surface area contributed by atoms with Crippen molar-refractivity contribution in [3.8, 4) is 0 Å². The Kier molecular flexibility index (Phi) is 5.19. The molecular weight excluding hydrogens is 347 g/mol. The molecule has 0 bridgehead atoms. The van der Waals surface area contributed by atoms with Crippen LogP contribution in [0.15, 0.2) is 53.1 Å². The number of esters is 1. The second kappa shape index (κ2) is 7.71. The zero-order valence-electron chi connectivity index (χ0n) is 13.1. The van der Waals surface area contributed by atoms with Crippen LogP contribution in [0.4, 0.5) is 4.39 Å². The van der Waals surface area contributed by atoms with Gasteiger partial charge in [0.15, 0.2) is 5.69 Å². The summed E-state index contributed by atoms with van der Waals surface area (Å²) < 4.78 is 20.6. The van der Waals surface area contributed by atoms with Crippen molar-refractivity contribution in [2.24, 2.45) is 5.10 Å². The molecule has 0 amide bonds. The van der Waals surface area contributed by atoms with Crippen LogP contribution in [-0.2, 0) is 10.6 Å². The zero-order valence-corrected chi connectivity index (χ0v) is 13.9. The Labute approximate surface area is 146 Å². The van der Waals surface area contributed by atoms with E-state index in [9.17, 15) is 9.18 Å². The maximum Gasteiger partial charge on any atom is 0.358 e. The Morgan fingerprint density at radius 3 is 2.92 bits per heavy atom. The van der Waals surface area contributed by atoms with Gasteiger partial charge >= 0.3 is 5.97 Å². The van der Waals surface area contributed by atoms with E-state index in [1.807, 2.05) is 0 Å². The number of ether oxygens (including phenoxy) is 1. The molecule has 0 fully saturated rings. The fourth-order valence-electron chi connectivity index (χ4n) is 1.84. The molecule has 2 aromatic heterocycles. The van der Waals surface area contributed by atoms with Gasteiger partial charge in [0, 0.05) is 6.20 Å². The summed E-state index contributed by atoms with van der Waals surface area (Å²) in [6.07, 6.45) is 4.71. The van der Waals surface area contributed by atoms with Crippen molar-refractivity contribution in [2.45, 2.75) is 11.0 Å². The SMILES string of the molecule is COC(=O)c1ccn(CSc2nncn2/N=C/c2ccc(F)cc2)n1. The molecule has 0 saturated carbocycles. The number of benzene rings is 1. The van der Waals surface area contributed by atoms with Crippen LogP contribution in [-0.4, -0.2) is 43.9 Å². The fraction of sp³-hybridized carbons (Fsp3) is 0.133. The fourth-order valence-corrected chi connectivity index (χ4v) is 2.57. The van der Waals surface area contributed by atoms with Crippen molar-refractivity contribution in [3.63, 3.8) is 0 Å². The number of halogens is 1. The molecule has 0 aliphatic heterocycles. The highest BCUT2D eigenvalue weighted by atomic mass is 32.2. The van der Waals surface area contributed by atoms with Crippen molar-refractivity contribution < 1.29 is 13.9 Å². The first-order valence-electron chi connectivity index (χ1n) is 7.10. The van der Waals surface area contributed by atoms with Crippen molar-refractivity contribution in [1.29, 1.82) is 0 Å². The molecule has 8 nitrogen and oxygen atoms in total. The van der Waals surface area contributed by atoms with Gasteiger partial charge in [-0.2, -0.15) is 14.9 Å². The van der Waals surface area contributed by atoms with Gasteiger partial charge in [0.25, 0.3) is 0 Å². The van der Waals surface area contributed by atoms with Crippen LogP contribution in [0.5, 0.6) is 0 Å². The zero-order chi connectivity index (χ0) is 17.6. The summed E-state index contributed by atoms with van der Waals surface area (Å²) in [6.45, 7) is 0. The minimum Gasteiger partial charge on any atom is -0.464 e. The third-order valence-corrected chi connectivity index (χ3v) is 3.98. The van der Waals surface area contributed by atoms with Crippen LogP contribution < -0.4 is 0 Å². The number of rotatable bonds is 6. The minimum atomic E-state index is -0.490. The normalized spacial score (nSPS) is 11.1. The van der Waals surface area contributed by atoms with Gasteiger partial charge in [-0.3, -0.25) is 4.68 Å². The third kappa shape index (κ3) is 4.29. The maximum absolute atomic E-state index is 12.9. The second-order valence-electron chi connectivity index (χ2n) is 4.76. The number of nitrogens with zero attached hydrogens (tertiary/aromatic N) is 6. The molecule has 10 heteroatoms. The van der Waals surface area contributed by atoms with Crippen LogP contribution in [0, 0.1) is 5.82 Å². The Hall–Kier alpha value is -3.01. The topological polar surface area (TPSA) is 87.2 Å². The van der Waals surface area contributed by atoms with Gasteiger partial charge in [-0.25, -0.2) is 9.18 Å². The predicted octanol–water partition coefficient (Wildman–Crippen LogP) is 2.03. The minimum absolute atomic E-state index is 0.235. The number of hydrogen-bond acceptors (Lipinski definition) is 7. The van der Waals surface area contributed by atoms with Gasteiger partial charge in [0.05, 0.1) is 19.2 Å². The molecule has 0 aliphatic rings. The van der Waals surface area contributed by atoms with Crippen molar-refractivity contribution in [2.75, 3.05) is 7.11 Å². The molecule has 0 aliphatic carbocycles. The van der Waals surface area contributed by atoms with Crippen molar-refractivity contribution in [1.82, 2.24) is 24.7 Å². The predicted molar refractivity (Wildman–Crippen MR) is 88.8 cm³/mol. The lowest BCUT2D eigenvalue weighted by Crippen LogP contribution is -2.04. The molecular formula is C15H13FN6O2S. The summed E-state index contributed by atoms with van der Waals surface area (Å²) in [4.78, 5) is 11.4. The maximum atomic E-state index is 12.9. The number of thioether (sulfide) groups is 1. The average Bonchev–Trinajstić information content (AvgIpc) is 3.28. The Morgan fingerprint density at radius 2 is 2.16 bits per heavy atom. The first kappa shape index (κ1) is 16.8. The highest BCUT2D eigenvalue weighted by Gasteiger charge is 2.10. The molecule has 1 aromatic carbocycles. The Bertz CT molecular complexity index is 890. The molecule has 0 saturated heterocycles. The van der Waals surface area contributed by atoms with Crippen LogP contribution in [0.25, 0.3) is 0 Å². The van der Waals surface area contributed by atoms with Crippen LogP contribution in [0.2, 0.25) is 0 Å². The summed E-state index contributed by atoms with van der Waals surface area (Å²) in [6, 6.07) is 7.53. The summed E-state index contributed by atoms with van der Waals surface area (Å²) in [5.41, 5.74) is 0.986. The van der Waals surface area contributed by atoms with Crippen molar-refractivity contribution >= 4 is 23.9 Å². The number of carbonyl (C=O) groups excluding carboxylic acids is 1. The standard InChI is InChI=1S/C15H13FN6O2S/c1-24-14(23)13-6-7-21(20-13)10-25-15-19-17-9-22(15)18-8-11-2-4-12(16)5-3-11/h2-9H,10H2,1H3/b18-8+. The van der Waals surface area contributed by atoms with Crippen LogP contribution in [0.3, 0.4) is 0 Å². The summed E-state index contributed by atoms with van der Waals surface area (Å²) in [5, 5.41) is 16.7. The first-order chi connectivity index (χ1) is 12.2. The number of carbonyl (C=O) groups is 1. The summed E-state index contributed by atoms with van der Waals surface area (Å²) in [7, 11) is 1.30. The van der Waals surface area contributed by atoms with Gasteiger partial charge in [-0.1, -0.05) is 23.9 Å². The number of hydrogen-bond donors (Lipinski definition) is 0. The number of aromatic nitrogens is 5.